The fourth-order valence-electron chi connectivity index (χ4n) is 2.84. The van der Waals surface area contributed by atoms with Crippen LogP contribution in [0.1, 0.15) is 50.3 Å². The second kappa shape index (κ2) is 9.22. The number of aromatic nitrogens is 2. The lowest BCUT2D eigenvalue weighted by Gasteiger charge is -2.20. The highest BCUT2D eigenvalue weighted by Gasteiger charge is 2.24. The Labute approximate surface area is 153 Å². The van der Waals surface area contributed by atoms with Gasteiger partial charge in [-0.15, -0.1) is 0 Å². The first-order chi connectivity index (χ1) is 12.6. The molecule has 0 radical (unpaired) electrons. The van der Waals surface area contributed by atoms with Gasteiger partial charge in [-0.2, -0.15) is 0 Å². The quantitative estimate of drug-likeness (QED) is 0.642. The zero-order chi connectivity index (χ0) is 19.1. The molecule has 2 heterocycles. The van der Waals surface area contributed by atoms with Gasteiger partial charge in [-0.25, -0.2) is 4.98 Å². The first kappa shape index (κ1) is 19.8. The van der Waals surface area contributed by atoms with E-state index >= 15 is 0 Å². The maximum atomic E-state index is 13.1. The predicted molar refractivity (Wildman–Crippen MR) is 98.6 cm³/mol. The summed E-state index contributed by atoms with van der Waals surface area (Å²) >= 11 is 0. The van der Waals surface area contributed by atoms with Gasteiger partial charge in [-0.1, -0.05) is 6.92 Å². The molecular weight excluding hydrogens is 334 g/mol. The predicted octanol–water partition coefficient (Wildman–Crippen LogP) is 2.71. The third kappa shape index (κ3) is 4.15. The van der Waals surface area contributed by atoms with Crippen LogP contribution in [0.4, 0.5) is 0 Å². The summed E-state index contributed by atoms with van der Waals surface area (Å²) in [6.07, 6.45) is 2.62. The molecule has 0 saturated heterocycles. The van der Waals surface area contributed by atoms with Crippen LogP contribution in [0.2, 0.25) is 0 Å². The molecule has 2 aromatic rings. The number of esters is 1. The van der Waals surface area contributed by atoms with E-state index in [9.17, 15) is 9.59 Å². The SMILES string of the molecule is CCOC(=O)CCN(CC)C(=O)c1c(CC)nc2c(OCC)cccn12. The Bertz CT molecular complexity index is 769. The Morgan fingerprint density at radius 1 is 1.19 bits per heavy atom. The summed E-state index contributed by atoms with van der Waals surface area (Å²) in [4.78, 5) is 31.0. The van der Waals surface area contributed by atoms with Crippen molar-refractivity contribution in [2.45, 2.75) is 40.5 Å². The van der Waals surface area contributed by atoms with Crippen molar-refractivity contribution in [1.29, 1.82) is 0 Å². The number of ether oxygens (including phenoxy) is 2. The monoisotopic (exact) mass is 361 g/mol. The largest absolute Gasteiger partial charge is 0.490 e. The Morgan fingerprint density at radius 3 is 2.58 bits per heavy atom. The Morgan fingerprint density at radius 2 is 1.96 bits per heavy atom. The molecule has 2 rings (SSSR count). The lowest BCUT2D eigenvalue weighted by molar-refractivity contribution is -0.143. The van der Waals surface area contributed by atoms with Crippen LogP contribution in [0.15, 0.2) is 18.3 Å². The van der Waals surface area contributed by atoms with Crippen molar-refractivity contribution in [3.63, 3.8) is 0 Å². The lowest BCUT2D eigenvalue weighted by Crippen LogP contribution is -2.34. The molecule has 0 spiro atoms. The summed E-state index contributed by atoms with van der Waals surface area (Å²) in [6.45, 7) is 9.22. The molecule has 1 amide bonds. The van der Waals surface area contributed by atoms with Gasteiger partial charge in [0.05, 0.1) is 25.3 Å². The standard InChI is InChI=1S/C19H27N3O4/c1-5-14-17(19(24)21(6-2)13-11-16(23)26-8-4)22-12-9-10-15(25-7-3)18(22)20-14/h9-10,12H,5-8,11,13H2,1-4H3. The van der Waals surface area contributed by atoms with Crippen LogP contribution >= 0.6 is 0 Å². The second-order valence-electron chi connectivity index (χ2n) is 5.70. The summed E-state index contributed by atoms with van der Waals surface area (Å²) in [5, 5.41) is 0. The van der Waals surface area contributed by atoms with Crippen molar-refractivity contribution in [1.82, 2.24) is 14.3 Å². The minimum atomic E-state index is -0.300. The summed E-state index contributed by atoms with van der Waals surface area (Å²) in [6, 6.07) is 3.68. The lowest BCUT2D eigenvalue weighted by atomic mass is 10.2. The van der Waals surface area contributed by atoms with Gasteiger partial charge in [0.25, 0.3) is 5.91 Å². The Kier molecular flexibility index (Phi) is 7.00. The number of rotatable bonds is 9. The molecule has 0 unspecified atom stereocenters. The molecule has 0 fully saturated rings. The fraction of sp³-hybridized carbons (Fsp3) is 0.526. The number of hydrogen-bond donors (Lipinski definition) is 0. The Balaban J connectivity index is 2.35. The van der Waals surface area contributed by atoms with Crippen LogP contribution in [0.25, 0.3) is 5.65 Å². The fourth-order valence-corrected chi connectivity index (χ4v) is 2.84. The van der Waals surface area contributed by atoms with E-state index in [-0.39, 0.29) is 18.3 Å². The van der Waals surface area contributed by atoms with Gasteiger partial charge in [-0.3, -0.25) is 14.0 Å². The van der Waals surface area contributed by atoms with E-state index in [4.69, 9.17) is 9.47 Å². The number of amides is 1. The number of fused-ring (bicyclic) bond motifs is 1. The third-order valence-electron chi connectivity index (χ3n) is 4.08. The molecule has 0 atom stereocenters. The summed E-state index contributed by atoms with van der Waals surface area (Å²) in [5.41, 5.74) is 1.88. The minimum Gasteiger partial charge on any atom is -0.490 e. The van der Waals surface area contributed by atoms with Gasteiger partial charge >= 0.3 is 5.97 Å². The van der Waals surface area contributed by atoms with Crippen LogP contribution in [0.3, 0.4) is 0 Å². The maximum absolute atomic E-state index is 13.1. The number of nitrogens with zero attached hydrogens (tertiary/aromatic N) is 3. The first-order valence-electron chi connectivity index (χ1n) is 9.14. The van der Waals surface area contributed by atoms with Gasteiger partial charge < -0.3 is 14.4 Å². The van der Waals surface area contributed by atoms with Crippen molar-refractivity contribution in [2.75, 3.05) is 26.3 Å². The second-order valence-corrected chi connectivity index (χ2v) is 5.70. The van der Waals surface area contributed by atoms with E-state index in [1.165, 1.54) is 0 Å². The topological polar surface area (TPSA) is 73.1 Å². The van der Waals surface area contributed by atoms with E-state index in [0.717, 1.165) is 5.69 Å². The number of carbonyl (C=O) groups excluding carboxylic acids is 2. The average molecular weight is 361 g/mol. The normalized spacial score (nSPS) is 10.8. The van der Waals surface area contributed by atoms with Crippen LogP contribution in [0, 0.1) is 0 Å². The van der Waals surface area contributed by atoms with Crippen molar-refractivity contribution >= 4 is 17.5 Å². The molecule has 7 heteroatoms. The molecule has 0 N–H and O–H groups in total. The number of pyridine rings is 1. The number of carbonyl (C=O) groups is 2. The summed E-state index contributed by atoms with van der Waals surface area (Å²) in [5.74, 6) is 0.208. The highest BCUT2D eigenvalue weighted by atomic mass is 16.5. The smallest absolute Gasteiger partial charge is 0.307 e. The number of imidazole rings is 1. The molecule has 0 aliphatic carbocycles. The third-order valence-corrected chi connectivity index (χ3v) is 4.08. The highest BCUT2D eigenvalue weighted by molar-refractivity contribution is 5.95. The minimum absolute atomic E-state index is 0.144. The van der Waals surface area contributed by atoms with Crippen molar-refractivity contribution in [3.05, 3.63) is 29.7 Å². The zero-order valence-corrected chi connectivity index (χ0v) is 15.9. The van der Waals surface area contributed by atoms with Gasteiger partial charge in [0.1, 0.15) is 5.69 Å². The van der Waals surface area contributed by atoms with Crippen molar-refractivity contribution in [2.24, 2.45) is 0 Å². The van der Waals surface area contributed by atoms with E-state index < -0.39 is 0 Å². The van der Waals surface area contributed by atoms with Gasteiger partial charge in [0.15, 0.2) is 11.4 Å². The van der Waals surface area contributed by atoms with Crippen LogP contribution < -0.4 is 4.74 Å². The molecule has 0 aliphatic heterocycles. The van der Waals surface area contributed by atoms with Gasteiger partial charge in [-0.05, 0) is 39.3 Å². The molecule has 7 nitrogen and oxygen atoms in total. The summed E-state index contributed by atoms with van der Waals surface area (Å²) < 4.78 is 12.4. The van der Waals surface area contributed by atoms with E-state index in [1.54, 1.807) is 16.2 Å². The molecule has 142 valence electrons. The molecule has 2 aromatic heterocycles. The highest BCUT2D eigenvalue weighted by Crippen LogP contribution is 2.23. The Hall–Kier alpha value is -2.57. The molecule has 26 heavy (non-hydrogen) atoms. The first-order valence-corrected chi connectivity index (χ1v) is 9.14. The van der Waals surface area contributed by atoms with Crippen LogP contribution in [-0.4, -0.2) is 52.5 Å². The molecule has 0 bridgehead atoms. The van der Waals surface area contributed by atoms with Crippen LogP contribution in [0.5, 0.6) is 5.75 Å². The van der Waals surface area contributed by atoms with Crippen molar-refractivity contribution in [3.8, 4) is 5.75 Å². The molecular formula is C19H27N3O4. The van der Waals surface area contributed by atoms with Crippen molar-refractivity contribution < 1.29 is 19.1 Å². The maximum Gasteiger partial charge on any atom is 0.307 e. The summed E-state index contributed by atoms with van der Waals surface area (Å²) in [7, 11) is 0. The number of aryl methyl sites for hydroxylation is 1. The van der Waals surface area contributed by atoms with E-state index in [1.807, 2.05) is 39.1 Å². The van der Waals surface area contributed by atoms with E-state index in [2.05, 4.69) is 4.98 Å². The zero-order valence-electron chi connectivity index (χ0n) is 15.9. The van der Waals surface area contributed by atoms with Gasteiger partial charge in [0, 0.05) is 19.3 Å². The molecule has 0 aromatic carbocycles. The van der Waals surface area contributed by atoms with E-state index in [0.29, 0.717) is 49.8 Å². The molecule has 0 aliphatic rings. The van der Waals surface area contributed by atoms with Gasteiger partial charge in [0.2, 0.25) is 0 Å². The molecule has 0 saturated carbocycles. The van der Waals surface area contributed by atoms with Crippen LogP contribution in [-0.2, 0) is 16.0 Å². The number of hydrogen-bond acceptors (Lipinski definition) is 5. The average Bonchev–Trinajstić information content (AvgIpc) is 3.02.